The van der Waals surface area contributed by atoms with Crippen LogP contribution in [0.5, 0.6) is 0 Å². The Kier molecular flexibility index (Phi) is 5.03. The minimum Gasteiger partial charge on any atom is -0.395 e. The Hall–Kier alpha value is -1.17. The normalized spacial score (nSPS) is 10.9. The Labute approximate surface area is 89.2 Å². The molecule has 1 rings (SSSR count). The monoisotopic (exact) mass is 211 g/mol. The molecule has 0 aromatic carbocycles. The van der Waals surface area contributed by atoms with E-state index in [0.29, 0.717) is 25.5 Å². The number of aromatic nitrogens is 1. The summed E-state index contributed by atoms with van der Waals surface area (Å²) in [4.78, 5) is 5.85. The fourth-order valence-electron chi connectivity index (χ4n) is 1.40. The van der Waals surface area contributed by atoms with Crippen LogP contribution in [-0.2, 0) is 6.54 Å². The lowest BCUT2D eigenvalue weighted by atomic mass is 10.2. The van der Waals surface area contributed by atoms with Crippen molar-refractivity contribution >= 4 is 5.82 Å². The molecule has 0 aliphatic carbocycles. The molecule has 0 aliphatic heterocycles. The Morgan fingerprint density at radius 2 is 1.93 bits per heavy atom. The molecule has 1 aromatic heterocycles. The maximum atomic E-state index is 8.84. The second-order valence-electron chi connectivity index (χ2n) is 3.31. The highest BCUT2D eigenvalue weighted by atomic mass is 16.3. The number of nitrogens with two attached hydrogens (primary N) is 1. The number of hydrogen-bond acceptors (Lipinski definition) is 5. The second-order valence-corrected chi connectivity index (χ2v) is 3.31. The Morgan fingerprint density at radius 1 is 1.27 bits per heavy atom. The Balaban J connectivity index is 2.56. The van der Waals surface area contributed by atoms with Crippen molar-refractivity contribution in [2.75, 3.05) is 32.0 Å². The molecule has 0 aliphatic rings. The third-order valence-corrected chi connectivity index (χ3v) is 2.08. The van der Waals surface area contributed by atoms with Gasteiger partial charge in [0, 0.05) is 25.8 Å². The number of nitrogen functional groups attached to an aromatic ring is 1. The second kappa shape index (κ2) is 6.34. The average molecular weight is 211 g/mol. The first kappa shape index (κ1) is 11.9. The third-order valence-electron chi connectivity index (χ3n) is 2.08. The predicted molar refractivity (Wildman–Crippen MR) is 58.1 cm³/mol. The van der Waals surface area contributed by atoms with Crippen molar-refractivity contribution in [3.05, 3.63) is 23.9 Å². The van der Waals surface area contributed by atoms with Gasteiger partial charge in [-0.15, -0.1) is 0 Å². The summed E-state index contributed by atoms with van der Waals surface area (Å²) in [7, 11) is 0. The highest BCUT2D eigenvalue weighted by Gasteiger charge is 2.04. The molecule has 0 atom stereocenters. The van der Waals surface area contributed by atoms with E-state index in [0.717, 1.165) is 5.56 Å². The molecule has 0 radical (unpaired) electrons. The average Bonchev–Trinajstić information content (AvgIpc) is 2.18. The number of hydrogen-bond donors (Lipinski definition) is 3. The van der Waals surface area contributed by atoms with Crippen molar-refractivity contribution in [1.29, 1.82) is 0 Å². The highest BCUT2D eigenvalue weighted by Crippen LogP contribution is 2.06. The van der Waals surface area contributed by atoms with Gasteiger partial charge >= 0.3 is 0 Å². The van der Waals surface area contributed by atoms with Crippen LogP contribution in [0.4, 0.5) is 5.82 Å². The zero-order valence-corrected chi connectivity index (χ0v) is 8.63. The lowest BCUT2D eigenvalue weighted by Crippen LogP contribution is -2.29. The summed E-state index contributed by atoms with van der Waals surface area (Å²) in [5.41, 5.74) is 6.59. The van der Waals surface area contributed by atoms with E-state index in [1.54, 1.807) is 12.3 Å². The van der Waals surface area contributed by atoms with Gasteiger partial charge in [-0.1, -0.05) is 0 Å². The number of pyridine rings is 1. The van der Waals surface area contributed by atoms with E-state index in [2.05, 4.69) is 4.98 Å². The fraction of sp³-hybridized carbons (Fsp3) is 0.500. The quantitative estimate of drug-likeness (QED) is 0.588. The smallest absolute Gasteiger partial charge is 0.123 e. The van der Waals surface area contributed by atoms with E-state index in [1.807, 2.05) is 11.0 Å². The molecular weight excluding hydrogens is 194 g/mol. The molecule has 0 amide bonds. The molecule has 4 N–H and O–H groups in total. The molecule has 1 heterocycles. The molecule has 0 bridgehead atoms. The van der Waals surface area contributed by atoms with Crippen LogP contribution in [0.25, 0.3) is 0 Å². The fourth-order valence-corrected chi connectivity index (χ4v) is 1.40. The molecule has 5 heteroatoms. The molecule has 0 saturated carbocycles. The van der Waals surface area contributed by atoms with E-state index in [9.17, 15) is 0 Å². The summed E-state index contributed by atoms with van der Waals surface area (Å²) >= 11 is 0. The minimum absolute atomic E-state index is 0.0839. The van der Waals surface area contributed by atoms with Gasteiger partial charge in [-0.25, -0.2) is 4.98 Å². The highest BCUT2D eigenvalue weighted by molar-refractivity contribution is 5.31. The van der Waals surface area contributed by atoms with E-state index in [4.69, 9.17) is 15.9 Å². The molecule has 0 fully saturated rings. The van der Waals surface area contributed by atoms with Crippen LogP contribution in [0, 0.1) is 0 Å². The summed E-state index contributed by atoms with van der Waals surface area (Å²) in [6.07, 6.45) is 1.65. The van der Waals surface area contributed by atoms with Gasteiger partial charge in [0.15, 0.2) is 0 Å². The van der Waals surface area contributed by atoms with Gasteiger partial charge in [-0.3, -0.25) is 4.90 Å². The SMILES string of the molecule is Nc1cc(CN(CCO)CCO)ccn1. The summed E-state index contributed by atoms with van der Waals surface area (Å²) in [6, 6.07) is 3.67. The summed E-state index contributed by atoms with van der Waals surface area (Å²) < 4.78 is 0. The van der Waals surface area contributed by atoms with Gasteiger partial charge in [0.05, 0.1) is 13.2 Å². The molecular formula is C10H17N3O2. The van der Waals surface area contributed by atoms with E-state index >= 15 is 0 Å². The lowest BCUT2D eigenvalue weighted by molar-refractivity contribution is 0.156. The van der Waals surface area contributed by atoms with Gasteiger partial charge in [0.25, 0.3) is 0 Å². The van der Waals surface area contributed by atoms with Crippen molar-refractivity contribution in [3.63, 3.8) is 0 Å². The number of aliphatic hydroxyl groups excluding tert-OH is 2. The molecule has 0 spiro atoms. The number of rotatable bonds is 6. The summed E-state index contributed by atoms with van der Waals surface area (Å²) in [5, 5.41) is 17.7. The van der Waals surface area contributed by atoms with Crippen LogP contribution < -0.4 is 5.73 Å². The zero-order chi connectivity index (χ0) is 11.1. The molecule has 84 valence electrons. The van der Waals surface area contributed by atoms with Crippen LogP contribution >= 0.6 is 0 Å². The van der Waals surface area contributed by atoms with Gasteiger partial charge in [-0.05, 0) is 17.7 Å². The van der Waals surface area contributed by atoms with Crippen LogP contribution in [0.1, 0.15) is 5.56 Å². The third kappa shape index (κ3) is 4.24. The van der Waals surface area contributed by atoms with Crippen molar-refractivity contribution in [1.82, 2.24) is 9.88 Å². The van der Waals surface area contributed by atoms with Crippen LogP contribution in [0.2, 0.25) is 0 Å². The van der Waals surface area contributed by atoms with E-state index in [-0.39, 0.29) is 13.2 Å². The largest absolute Gasteiger partial charge is 0.395 e. The predicted octanol–water partition coefficient (Wildman–Crippen LogP) is -0.550. The first-order valence-corrected chi connectivity index (χ1v) is 4.90. The maximum absolute atomic E-state index is 8.84. The number of anilines is 1. The van der Waals surface area contributed by atoms with Crippen molar-refractivity contribution in [2.45, 2.75) is 6.54 Å². The first-order chi connectivity index (χ1) is 7.26. The van der Waals surface area contributed by atoms with Crippen LogP contribution in [0.3, 0.4) is 0 Å². The zero-order valence-electron chi connectivity index (χ0n) is 8.63. The first-order valence-electron chi connectivity index (χ1n) is 4.90. The number of aliphatic hydroxyl groups is 2. The lowest BCUT2D eigenvalue weighted by Gasteiger charge is -2.19. The van der Waals surface area contributed by atoms with Gasteiger partial charge < -0.3 is 15.9 Å². The van der Waals surface area contributed by atoms with E-state index < -0.39 is 0 Å². The Bertz CT molecular complexity index is 288. The topological polar surface area (TPSA) is 82.6 Å². The summed E-state index contributed by atoms with van der Waals surface area (Å²) in [6.45, 7) is 1.92. The van der Waals surface area contributed by atoms with Crippen molar-refractivity contribution in [3.8, 4) is 0 Å². The summed E-state index contributed by atoms with van der Waals surface area (Å²) in [5.74, 6) is 0.487. The van der Waals surface area contributed by atoms with Gasteiger partial charge in [-0.2, -0.15) is 0 Å². The van der Waals surface area contributed by atoms with Crippen molar-refractivity contribution in [2.24, 2.45) is 0 Å². The van der Waals surface area contributed by atoms with Gasteiger partial charge in [0.1, 0.15) is 5.82 Å². The molecule has 1 aromatic rings. The Morgan fingerprint density at radius 3 is 2.47 bits per heavy atom. The maximum Gasteiger partial charge on any atom is 0.123 e. The van der Waals surface area contributed by atoms with Gasteiger partial charge in [0.2, 0.25) is 0 Å². The molecule has 15 heavy (non-hydrogen) atoms. The molecule has 0 saturated heterocycles. The minimum atomic E-state index is 0.0839. The molecule has 5 nitrogen and oxygen atoms in total. The standard InChI is InChI=1S/C10H17N3O2/c11-10-7-9(1-2-12-10)8-13(3-5-14)4-6-15/h1-2,7,14-15H,3-6,8H2,(H2,11,12). The van der Waals surface area contributed by atoms with Crippen LogP contribution in [-0.4, -0.2) is 46.4 Å². The molecule has 0 unspecified atom stereocenters. The van der Waals surface area contributed by atoms with Crippen LogP contribution in [0.15, 0.2) is 18.3 Å². The van der Waals surface area contributed by atoms with Crippen molar-refractivity contribution < 1.29 is 10.2 Å². The van der Waals surface area contributed by atoms with E-state index in [1.165, 1.54) is 0 Å². The number of nitrogens with zero attached hydrogens (tertiary/aromatic N) is 2.